The van der Waals surface area contributed by atoms with E-state index < -0.39 is 23.4 Å². The van der Waals surface area contributed by atoms with E-state index in [2.05, 4.69) is 17.9 Å². The van der Waals surface area contributed by atoms with Crippen LogP contribution >= 0.6 is 12.6 Å². The van der Waals surface area contributed by atoms with Gasteiger partial charge in [0.2, 0.25) is 5.91 Å². The Hall–Kier alpha value is -1.17. The molecule has 0 aliphatic rings. The van der Waals surface area contributed by atoms with E-state index in [0.29, 0.717) is 12.1 Å². The van der Waals surface area contributed by atoms with Crippen molar-refractivity contribution in [2.75, 3.05) is 11.1 Å². The number of anilines is 1. The van der Waals surface area contributed by atoms with E-state index in [-0.39, 0.29) is 17.9 Å². The van der Waals surface area contributed by atoms with Gasteiger partial charge in [-0.3, -0.25) is 4.79 Å². The molecule has 1 amide bonds. The maximum Gasteiger partial charge on any atom is 0.225 e. The largest absolute Gasteiger partial charge is 0.323 e. The van der Waals surface area contributed by atoms with Crippen LogP contribution in [-0.2, 0) is 4.79 Å². The molecule has 2 nitrogen and oxygen atoms in total. The van der Waals surface area contributed by atoms with Crippen LogP contribution in [0.1, 0.15) is 6.42 Å². The smallest absolute Gasteiger partial charge is 0.225 e. The Balaban J connectivity index is 2.86. The first-order valence-corrected chi connectivity index (χ1v) is 4.73. The van der Waals surface area contributed by atoms with Crippen LogP contribution in [-0.4, -0.2) is 11.7 Å². The number of carbonyl (C=O) groups is 1. The lowest BCUT2D eigenvalue weighted by atomic mass is 10.2. The van der Waals surface area contributed by atoms with Gasteiger partial charge in [0.15, 0.2) is 11.6 Å². The molecule has 0 aliphatic heterocycles. The molecule has 1 N–H and O–H groups in total. The zero-order chi connectivity index (χ0) is 11.4. The predicted octanol–water partition coefficient (Wildman–Crippen LogP) is 2.36. The third-order valence-corrected chi connectivity index (χ3v) is 1.85. The summed E-state index contributed by atoms with van der Waals surface area (Å²) in [4.78, 5) is 11.0. The Labute approximate surface area is 89.9 Å². The van der Waals surface area contributed by atoms with Gasteiger partial charge in [0.25, 0.3) is 0 Å². The van der Waals surface area contributed by atoms with E-state index in [4.69, 9.17) is 0 Å². The minimum atomic E-state index is -1.29. The highest BCUT2D eigenvalue weighted by Gasteiger charge is 2.11. The van der Waals surface area contributed by atoms with E-state index in [1.165, 1.54) is 0 Å². The van der Waals surface area contributed by atoms with Gasteiger partial charge in [0, 0.05) is 18.6 Å². The van der Waals surface area contributed by atoms with Gasteiger partial charge in [0.05, 0.1) is 5.69 Å². The molecule has 0 saturated heterocycles. The maximum absolute atomic E-state index is 13.0. The van der Waals surface area contributed by atoms with Crippen molar-refractivity contribution in [2.24, 2.45) is 0 Å². The Morgan fingerprint density at radius 1 is 1.20 bits per heavy atom. The second-order valence-corrected chi connectivity index (χ2v) is 3.22. The van der Waals surface area contributed by atoms with Gasteiger partial charge in [-0.2, -0.15) is 12.6 Å². The summed E-state index contributed by atoms with van der Waals surface area (Å²) in [6.07, 6.45) is 0.0710. The van der Waals surface area contributed by atoms with Crippen LogP contribution in [0.3, 0.4) is 0 Å². The van der Waals surface area contributed by atoms with Crippen molar-refractivity contribution in [3.05, 3.63) is 29.6 Å². The van der Waals surface area contributed by atoms with Gasteiger partial charge >= 0.3 is 0 Å². The summed E-state index contributed by atoms with van der Waals surface area (Å²) in [5.41, 5.74) is -0.374. The number of amides is 1. The van der Waals surface area contributed by atoms with Crippen LogP contribution in [0.4, 0.5) is 18.9 Å². The first-order chi connectivity index (χ1) is 7.04. The standard InChI is InChI=1S/C9H8F3NOS/c10-5-3-7(12)8(4-6(5)11)13-9(14)1-2-15/h3-4,15H,1-2H2,(H,13,14). The molecule has 1 aromatic carbocycles. The number of hydrogen-bond donors (Lipinski definition) is 2. The Morgan fingerprint density at radius 2 is 1.80 bits per heavy atom. The second kappa shape index (κ2) is 5.06. The highest BCUT2D eigenvalue weighted by Crippen LogP contribution is 2.18. The zero-order valence-corrected chi connectivity index (χ0v) is 8.45. The highest BCUT2D eigenvalue weighted by atomic mass is 32.1. The fourth-order valence-corrected chi connectivity index (χ4v) is 1.14. The average molecular weight is 235 g/mol. The molecule has 0 atom stereocenters. The van der Waals surface area contributed by atoms with Crippen molar-refractivity contribution in [1.29, 1.82) is 0 Å². The number of rotatable bonds is 3. The monoisotopic (exact) mass is 235 g/mol. The topological polar surface area (TPSA) is 29.1 Å². The Kier molecular flexibility index (Phi) is 4.02. The van der Waals surface area contributed by atoms with Crippen molar-refractivity contribution in [3.63, 3.8) is 0 Å². The lowest BCUT2D eigenvalue weighted by Crippen LogP contribution is -2.13. The van der Waals surface area contributed by atoms with E-state index in [1.54, 1.807) is 0 Å². The number of thiol groups is 1. The van der Waals surface area contributed by atoms with E-state index >= 15 is 0 Å². The van der Waals surface area contributed by atoms with Crippen molar-refractivity contribution in [3.8, 4) is 0 Å². The summed E-state index contributed by atoms with van der Waals surface area (Å²) in [7, 11) is 0. The molecule has 0 spiro atoms. The number of hydrogen-bond acceptors (Lipinski definition) is 2. The molecule has 0 fully saturated rings. The number of carbonyl (C=O) groups excluding carboxylic acids is 1. The molecular weight excluding hydrogens is 227 g/mol. The van der Waals surface area contributed by atoms with E-state index in [0.717, 1.165) is 0 Å². The van der Waals surface area contributed by atoms with Crippen LogP contribution < -0.4 is 5.32 Å². The lowest BCUT2D eigenvalue weighted by Gasteiger charge is -2.05. The maximum atomic E-state index is 13.0. The fourth-order valence-electron chi connectivity index (χ4n) is 0.933. The zero-order valence-electron chi connectivity index (χ0n) is 7.56. The van der Waals surface area contributed by atoms with Gasteiger partial charge in [-0.25, -0.2) is 13.2 Å². The van der Waals surface area contributed by atoms with Gasteiger partial charge in [-0.1, -0.05) is 0 Å². The van der Waals surface area contributed by atoms with Crippen molar-refractivity contribution in [2.45, 2.75) is 6.42 Å². The van der Waals surface area contributed by atoms with Crippen molar-refractivity contribution < 1.29 is 18.0 Å². The first-order valence-electron chi connectivity index (χ1n) is 4.10. The molecule has 0 heterocycles. The number of halogens is 3. The van der Waals surface area contributed by atoms with Crippen molar-refractivity contribution >= 4 is 24.2 Å². The molecule has 82 valence electrons. The van der Waals surface area contributed by atoms with Crippen LogP contribution in [0.2, 0.25) is 0 Å². The first kappa shape index (κ1) is 11.9. The van der Waals surface area contributed by atoms with E-state index in [9.17, 15) is 18.0 Å². The molecule has 0 unspecified atom stereocenters. The summed E-state index contributed by atoms with van der Waals surface area (Å²) in [6.45, 7) is 0. The van der Waals surface area contributed by atoms with Crippen molar-refractivity contribution in [1.82, 2.24) is 0 Å². The normalized spacial score (nSPS) is 10.1. The molecule has 15 heavy (non-hydrogen) atoms. The third kappa shape index (κ3) is 3.16. The quantitative estimate of drug-likeness (QED) is 0.611. The minimum absolute atomic E-state index is 0.0710. The lowest BCUT2D eigenvalue weighted by molar-refractivity contribution is -0.115. The molecular formula is C9H8F3NOS. The summed E-state index contributed by atoms with van der Waals surface area (Å²) in [6, 6.07) is 0.979. The van der Waals surface area contributed by atoms with E-state index in [1.807, 2.05) is 0 Å². The SMILES string of the molecule is O=C(CCS)Nc1cc(F)c(F)cc1F. The summed E-state index contributed by atoms with van der Waals surface area (Å²) in [5, 5.41) is 2.11. The van der Waals surface area contributed by atoms with Crippen LogP contribution in [0.15, 0.2) is 12.1 Å². The highest BCUT2D eigenvalue weighted by molar-refractivity contribution is 7.80. The Bertz CT molecular complexity index is 384. The summed E-state index contributed by atoms with van der Waals surface area (Å²) >= 11 is 3.80. The van der Waals surface area contributed by atoms with Crippen LogP contribution in [0, 0.1) is 17.5 Å². The molecule has 0 aliphatic carbocycles. The molecule has 6 heteroatoms. The summed E-state index contributed by atoms with van der Waals surface area (Å²) in [5.74, 6) is -3.73. The van der Waals surface area contributed by atoms with Gasteiger partial charge in [0.1, 0.15) is 5.82 Å². The molecule has 1 rings (SSSR count). The van der Waals surface area contributed by atoms with Crippen LogP contribution in [0.5, 0.6) is 0 Å². The van der Waals surface area contributed by atoms with Gasteiger partial charge in [-0.15, -0.1) is 0 Å². The molecule has 0 aromatic heterocycles. The minimum Gasteiger partial charge on any atom is -0.323 e. The number of nitrogens with one attached hydrogen (secondary N) is 1. The third-order valence-electron chi connectivity index (χ3n) is 1.62. The molecule has 0 bridgehead atoms. The van der Waals surface area contributed by atoms with Gasteiger partial charge in [-0.05, 0) is 5.75 Å². The molecule has 0 saturated carbocycles. The average Bonchev–Trinajstić information content (AvgIpc) is 2.14. The fraction of sp³-hybridized carbons (Fsp3) is 0.222. The second-order valence-electron chi connectivity index (χ2n) is 2.77. The molecule has 0 radical (unpaired) electrons. The molecule has 1 aromatic rings. The Morgan fingerprint density at radius 3 is 2.40 bits per heavy atom. The van der Waals surface area contributed by atoms with Gasteiger partial charge < -0.3 is 5.32 Å². The predicted molar refractivity (Wildman–Crippen MR) is 53.4 cm³/mol. The summed E-state index contributed by atoms with van der Waals surface area (Å²) < 4.78 is 38.2. The van der Waals surface area contributed by atoms with Crippen LogP contribution in [0.25, 0.3) is 0 Å². The number of benzene rings is 1.